The Hall–Kier alpha value is -2.51. The second-order valence-electron chi connectivity index (χ2n) is 3.68. The summed E-state index contributed by atoms with van der Waals surface area (Å²) in [5, 5.41) is 6.81. The maximum absolute atomic E-state index is 11.2. The van der Waals surface area contributed by atoms with Gasteiger partial charge in [-0.15, -0.1) is 0 Å². The lowest BCUT2D eigenvalue weighted by molar-refractivity contribution is 0.0593. The number of esters is 1. The first kappa shape index (κ1) is 12.9. The van der Waals surface area contributed by atoms with Gasteiger partial charge in [0.05, 0.1) is 19.5 Å². The molecule has 100 valence electrons. The van der Waals surface area contributed by atoms with Crippen LogP contribution in [-0.2, 0) is 11.2 Å². The lowest BCUT2D eigenvalue weighted by Crippen LogP contribution is -2.10. The number of rotatable bonds is 5. The van der Waals surface area contributed by atoms with E-state index in [1.807, 2.05) is 0 Å². The summed E-state index contributed by atoms with van der Waals surface area (Å²) in [4.78, 5) is 23.2. The van der Waals surface area contributed by atoms with Gasteiger partial charge in [-0.3, -0.25) is 0 Å². The highest BCUT2D eigenvalue weighted by atomic mass is 16.5. The summed E-state index contributed by atoms with van der Waals surface area (Å²) in [5.74, 6) is 1.22. The molecule has 19 heavy (non-hydrogen) atoms. The van der Waals surface area contributed by atoms with E-state index < -0.39 is 5.97 Å². The molecule has 0 fully saturated rings. The van der Waals surface area contributed by atoms with Crippen LogP contribution >= 0.6 is 0 Å². The molecule has 2 rings (SSSR count). The number of carbonyl (C=O) groups is 1. The standard InChI is InChI=1S/C11H13N5O3/c1-7-15-9(16-19-7)3-4-12-10-6-13-8(5-14-10)11(17)18-2/h5-6H,3-4H2,1-2H3,(H,12,14). The van der Waals surface area contributed by atoms with Crippen LogP contribution < -0.4 is 5.32 Å². The third-order valence-electron chi connectivity index (χ3n) is 2.27. The fraction of sp³-hybridized carbons (Fsp3) is 0.364. The Labute approximate surface area is 109 Å². The number of aromatic nitrogens is 4. The molecule has 8 nitrogen and oxygen atoms in total. The molecule has 0 spiro atoms. The molecular weight excluding hydrogens is 250 g/mol. The second-order valence-corrected chi connectivity index (χ2v) is 3.68. The molecule has 2 aromatic rings. The molecule has 0 aliphatic rings. The Morgan fingerprint density at radius 1 is 1.42 bits per heavy atom. The summed E-state index contributed by atoms with van der Waals surface area (Å²) >= 11 is 0. The highest BCUT2D eigenvalue weighted by Crippen LogP contribution is 2.03. The Morgan fingerprint density at radius 3 is 2.84 bits per heavy atom. The average Bonchev–Trinajstić information content (AvgIpc) is 2.84. The quantitative estimate of drug-likeness (QED) is 0.782. The number of methoxy groups -OCH3 is 1. The van der Waals surface area contributed by atoms with E-state index in [0.717, 1.165) is 0 Å². The van der Waals surface area contributed by atoms with Crippen molar-refractivity contribution >= 4 is 11.8 Å². The first-order valence-corrected chi connectivity index (χ1v) is 5.62. The smallest absolute Gasteiger partial charge is 0.358 e. The van der Waals surface area contributed by atoms with E-state index in [4.69, 9.17) is 4.52 Å². The normalized spacial score (nSPS) is 10.2. The zero-order valence-corrected chi connectivity index (χ0v) is 10.6. The van der Waals surface area contributed by atoms with Crippen LogP contribution in [0.5, 0.6) is 0 Å². The van der Waals surface area contributed by atoms with Crippen molar-refractivity contribution in [2.75, 3.05) is 19.0 Å². The Bertz CT molecular complexity index is 552. The first-order chi connectivity index (χ1) is 9.19. The van der Waals surface area contributed by atoms with E-state index in [9.17, 15) is 4.79 Å². The minimum Gasteiger partial charge on any atom is -0.464 e. The summed E-state index contributed by atoms with van der Waals surface area (Å²) in [6.45, 7) is 2.33. The lowest BCUT2D eigenvalue weighted by Gasteiger charge is -2.03. The van der Waals surface area contributed by atoms with Crippen molar-refractivity contribution in [3.05, 3.63) is 29.8 Å². The van der Waals surface area contributed by atoms with Crippen LogP contribution in [-0.4, -0.2) is 39.7 Å². The van der Waals surface area contributed by atoms with Gasteiger partial charge in [-0.25, -0.2) is 14.8 Å². The van der Waals surface area contributed by atoms with Gasteiger partial charge in [0.2, 0.25) is 5.89 Å². The molecule has 0 aromatic carbocycles. The van der Waals surface area contributed by atoms with E-state index in [0.29, 0.717) is 30.5 Å². The molecule has 2 aromatic heterocycles. The SMILES string of the molecule is COC(=O)c1cnc(NCCc2noc(C)n2)cn1. The molecular formula is C11H13N5O3. The minimum absolute atomic E-state index is 0.168. The average molecular weight is 263 g/mol. The molecule has 0 amide bonds. The monoisotopic (exact) mass is 263 g/mol. The highest BCUT2D eigenvalue weighted by molar-refractivity contribution is 5.86. The zero-order chi connectivity index (χ0) is 13.7. The van der Waals surface area contributed by atoms with Gasteiger partial charge in [0.15, 0.2) is 11.5 Å². The van der Waals surface area contributed by atoms with Gasteiger partial charge in [-0.1, -0.05) is 5.16 Å². The fourth-order valence-electron chi connectivity index (χ4n) is 1.37. The second kappa shape index (κ2) is 5.89. The molecule has 0 aliphatic heterocycles. The van der Waals surface area contributed by atoms with Crippen molar-refractivity contribution in [1.82, 2.24) is 20.1 Å². The molecule has 0 bridgehead atoms. The minimum atomic E-state index is -0.513. The zero-order valence-electron chi connectivity index (χ0n) is 10.6. The number of ether oxygens (including phenoxy) is 1. The Morgan fingerprint density at radius 2 is 2.26 bits per heavy atom. The molecule has 2 heterocycles. The van der Waals surface area contributed by atoms with Crippen LogP contribution in [0.4, 0.5) is 5.82 Å². The largest absolute Gasteiger partial charge is 0.464 e. The van der Waals surface area contributed by atoms with E-state index in [1.165, 1.54) is 19.5 Å². The van der Waals surface area contributed by atoms with Crippen molar-refractivity contribution in [1.29, 1.82) is 0 Å². The molecule has 0 saturated carbocycles. The van der Waals surface area contributed by atoms with E-state index in [1.54, 1.807) is 6.92 Å². The van der Waals surface area contributed by atoms with Crippen LogP contribution in [0.3, 0.4) is 0 Å². The molecule has 1 N–H and O–H groups in total. The number of nitrogens with zero attached hydrogens (tertiary/aromatic N) is 4. The molecule has 0 saturated heterocycles. The van der Waals surface area contributed by atoms with E-state index in [-0.39, 0.29) is 5.69 Å². The number of hydrogen-bond donors (Lipinski definition) is 1. The predicted octanol–water partition coefficient (Wildman–Crippen LogP) is 0.609. The van der Waals surface area contributed by atoms with Crippen LogP contribution in [0, 0.1) is 6.92 Å². The maximum Gasteiger partial charge on any atom is 0.358 e. The molecule has 8 heteroatoms. The summed E-state index contributed by atoms with van der Waals surface area (Å²) in [7, 11) is 1.29. The van der Waals surface area contributed by atoms with Crippen molar-refractivity contribution in [2.45, 2.75) is 13.3 Å². The molecule has 0 radical (unpaired) electrons. The van der Waals surface area contributed by atoms with Gasteiger partial charge in [0.25, 0.3) is 0 Å². The van der Waals surface area contributed by atoms with Crippen LogP contribution in [0.2, 0.25) is 0 Å². The number of anilines is 1. The van der Waals surface area contributed by atoms with Gasteiger partial charge in [0, 0.05) is 19.9 Å². The van der Waals surface area contributed by atoms with Gasteiger partial charge < -0.3 is 14.6 Å². The molecule has 0 aliphatic carbocycles. The van der Waals surface area contributed by atoms with Crippen molar-refractivity contribution in [2.24, 2.45) is 0 Å². The van der Waals surface area contributed by atoms with Crippen LogP contribution in [0.15, 0.2) is 16.9 Å². The third kappa shape index (κ3) is 3.47. The molecule has 0 atom stereocenters. The summed E-state index contributed by atoms with van der Waals surface area (Å²) < 4.78 is 9.38. The summed E-state index contributed by atoms with van der Waals surface area (Å²) in [5.41, 5.74) is 0.168. The van der Waals surface area contributed by atoms with Gasteiger partial charge in [-0.2, -0.15) is 4.98 Å². The van der Waals surface area contributed by atoms with Gasteiger partial charge in [-0.05, 0) is 0 Å². The summed E-state index contributed by atoms with van der Waals surface area (Å²) in [6.07, 6.45) is 3.43. The number of hydrogen-bond acceptors (Lipinski definition) is 8. The van der Waals surface area contributed by atoms with Crippen LogP contribution in [0.1, 0.15) is 22.2 Å². The summed E-state index contributed by atoms with van der Waals surface area (Å²) in [6, 6.07) is 0. The fourth-order valence-corrected chi connectivity index (χ4v) is 1.37. The molecule has 0 unspecified atom stereocenters. The number of carbonyl (C=O) groups excluding carboxylic acids is 1. The Kier molecular flexibility index (Phi) is 4.01. The third-order valence-corrected chi connectivity index (χ3v) is 2.27. The highest BCUT2D eigenvalue weighted by Gasteiger charge is 2.07. The van der Waals surface area contributed by atoms with Crippen LogP contribution in [0.25, 0.3) is 0 Å². The first-order valence-electron chi connectivity index (χ1n) is 5.62. The maximum atomic E-state index is 11.2. The van der Waals surface area contributed by atoms with Gasteiger partial charge in [0.1, 0.15) is 5.82 Å². The van der Waals surface area contributed by atoms with E-state index in [2.05, 4.69) is 30.2 Å². The van der Waals surface area contributed by atoms with Gasteiger partial charge >= 0.3 is 5.97 Å². The lowest BCUT2D eigenvalue weighted by atomic mass is 10.4. The predicted molar refractivity (Wildman–Crippen MR) is 64.6 cm³/mol. The van der Waals surface area contributed by atoms with Crippen molar-refractivity contribution in [3.8, 4) is 0 Å². The van der Waals surface area contributed by atoms with Crippen molar-refractivity contribution in [3.63, 3.8) is 0 Å². The Balaban J connectivity index is 1.84. The number of aryl methyl sites for hydroxylation is 1. The van der Waals surface area contributed by atoms with Crippen molar-refractivity contribution < 1.29 is 14.1 Å². The number of nitrogens with one attached hydrogen (secondary N) is 1. The topological polar surface area (TPSA) is 103 Å². The van der Waals surface area contributed by atoms with E-state index >= 15 is 0 Å².